The average Bonchev–Trinajstić information content (AvgIpc) is 2.57. The Balaban J connectivity index is 2.09. The Hall–Kier alpha value is -1.06. The van der Waals surface area contributed by atoms with E-state index in [1.165, 1.54) is 32.1 Å². The Morgan fingerprint density at radius 3 is 2.17 bits per heavy atom. The second kappa shape index (κ2) is 11.5. The van der Waals surface area contributed by atoms with E-state index in [4.69, 9.17) is 9.84 Å². The zero-order valence-corrected chi connectivity index (χ0v) is 14.9. The zero-order valence-electron chi connectivity index (χ0n) is 14.9. The summed E-state index contributed by atoms with van der Waals surface area (Å²) >= 11 is 0. The van der Waals surface area contributed by atoms with E-state index in [1.807, 2.05) is 0 Å². The lowest BCUT2D eigenvalue weighted by molar-refractivity contribution is -0.152. The van der Waals surface area contributed by atoms with Gasteiger partial charge in [0, 0.05) is 0 Å². The number of hydrogen-bond acceptors (Lipinski definition) is 3. The molecule has 0 spiro atoms. The minimum atomic E-state index is -0.731. The Morgan fingerprint density at radius 2 is 1.61 bits per heavy atom. The number of ether oxygens (including phenoxy) is 1. The van der Waals surface area contributed by atoms with Crippen molar-refractivity contribution in [2.45, 2.75) is 84.5 Å². The number of unbranched alkanes of at least 4 members (excludes halogenated alkanes) is 2. The molecule has 4 nitrogen and oxygen atoms in total. The highest BCUT2D eigenvalue weighted by Crippen LogP contribution is 2.29. The van der Waals surface area contributed by atoms with Crippen LogP contribution in [0, 0.1) is 17.8 Å². The van der Waals surface area contributed by atoms with Crippen LogP contribution in [-0.2, 0) is 14.3 Å². The van der Waals surface area contributed by atoms with Crippen molar-refractivity contribution in [1.29, 1.82) is 0 Å². The van der Waals surface area contributed by atoms with Crippen molar-refractivity contribution in [1.82, 2.24) is 0 Å². The lowest BCUT2D eigenvalue weighted by atomic mass is 9.82. The molecule has 1 saturated carbocycles. The summed E-state index contributed by atoms with van der Waals surface area (Å²) < 4.78 is 5.39. The van der Waals surface area contributed by atoms with E-state index in [-0.39, 0.29) is 17.8 Å². The van der Waals surface area contributed by atoms with Gasteiger partial charge in [0.2, 0.25) is 0 Å². The van der Waals surface area contributed by atoms with Crippen LogP contribution < -0.4 is 0 Å². The predicted octanol–water partition coefficient (Wildman–Crippen LogP) is 4.81. The van der Waals surface area contributed by atoms with E-state index < -0.39 is 5.97 Å². The van der Waals surface area contributed by atoms with Gasteiger partial charge in [-0.3, -0.25) is 9.59 Å². The zero-order chi connectivity index (χ0) is 17.1. The molecule has 0 radical (unpaired) electrons. The SMILES string of the molecule is CCCCC(CC)CCCCOC(=O)C1CCC(C(=O)O)CC1. The van der Waals surface area contributed by atoms with E-state index >= 15 is 0 Å². The molecule has 0 aliphatic heterocycles. The van der Waals surface area contributed by atoms with Crippen molar-refractivity contribution in [2.24, 2.45) is 17.8 Å². The topological polar surface area (TPSA) is 63.6 Å². The molecule has 1 N–H and O–H groups in total. The molecular formula is C19H34O4. The summed E-state index contributed by atoms with van der Waals surface area (Å²) in [6.45, 7) is 5.01. The van der Waals surface area contributed by atoms with Crippen LogP contribution in [0.1, 0.15) is 84.5 Å². The highest BCUT2D eigenvalue weighted by Gasteiger charge is 2.30. The van der Waals surface area contributed by atoms with E-state index in [0.717, 1.165) is 18.8 Å². The summed E-state index contributed by atoms with van der Waals surface area (Å²) in [6.07, 6.45) is 11.0. The van der Waals surface area contributed by atoms with Crippen LogP contribution in [0.15, 0.2) is 0 Å². The van der Waals surface area contributed by atoms with Crippen LogP contribution in [-0.4, -0.2) is 23.7 Å². The molecule has 0 bridgehead atoms. The van der Waals surface area contributed by atoms with Gasteiger partial charge in [-0.15, -0.1) is 0 Å². The number of carboxylic acids is 1. The minimum Gasteiger partial charge on any atom is -0.481 e. The van der Waals surface area contributed by atoms with E-state index in [2.05, 4.69) is 13.8 Å². The lowest BCUT2D eigenvalue weighted by Crippen LogP contribution is -2.27. The van der Waals surface area contributed by atoms with Crippen LogP contribution >= 0.6 is 0 Å². The summed E-state index contributed by atoms with van der Waals surface area (Å²) in [7, 11) is 0. The first-order chi connectivity index (χ1) is 11.1. The molecule has 0 aromatic heterocycles. The molecule has 1 atom stereocenters. The van der Waals surface area contributed by atoms with Crippen LogP contribution in [0.25, 0.3) is 0 Å². The molecule has 0 amide bonds. The summed E-state index contributed by atoms with van der Waals surface area (Å²) in [5, 5.41) is 8.97. The first kappa shape index (κ1) is 20.0. The van der Waals surface area contributed by atoms with Crippen molar-refractivity contribution in [3.05, 3.63) is 0 Å². The van der Waals surface area contributed by atoms with Gasteiger partial charge in [0.25, 0.3) is 0 Å². The molecule has 0 saturated heterocycles. The fourth-order valence-corrected chi connectivity index (χ4v) is 3.45. The maximum Gasteiger partial charge on any atom is 0.308 e. The third-order valence-electron chi connectivity index (χ3n) is 5.20. The Bertz CT molecular complexity index is 345. The predicted molar refractivity (Wildman–Crippen MR) is 91.2 cm³/mol. The molecular weight excluding hydrogens is 292 g/mol. The molecule has 1 aliphatic rings. The maximum atomic E-state index is 12.0. The van der Waals surface area contributed by atoms with E-state index in [0.29, 0.717) is 32.3 Å². The van der Waals surface area contributed by atoms with Gasteiger partial charge in [-0.2, -0.15) is 0 Å². The molecule has 0 aromatic rings. The van der Waals surface area contributed by atoms with Gasteiger partial charge >= 0.3 is 11.9 Å². The smallest absolute Gasteiger partial charge is 0.308 e. The van der Waals surface area contributed by atoms with Crippen LogP contribution in [0.3, 0.4) is 0 Å². The Labute approximate surface area is 141 Å². The standard InChI is InChI=1S/C19H34O4/c1-3-5-8-15(4-2)9-6-7-14-23-19(22)17-12-10-16(11-13-17)18(20)21/h15-17H,3-14H2,1-2H3,(H,20,21). The van der Waals surface area contributed by atoms with Crippen LogP contribution in [0.4, 0.5) is 0 Å². The molecule has 0 heterocycles. The van der Waals surface area contributed by atoms with Crippen molar-refractivity contribution in [3.63, 3.8) is 0 Å². The summed E-state index contributed by atoms with van der Waals surface area (Å²) in [4.78, 5) is 22.9. The molecule has 134 valence electrons. The van der Waals surface area contributed by atoms with Crippen LogP contribution in [0.2, 0.25) is 0 Å². The third kappa shape index (κ3) is 7.85. The summed E-state index contributed by atoms with van der Waals surface area (Å²) in [6, 6.07) is 0. The number of aliphatic carboxylic acids is 1. The normalized spacial score (nSPS) is 22.5. The highest BCUT2D eigenvalue weighted by molar-refractivity contribution is 5.74. The Kier molecular flexibility index (Phi) is 9.97. The first-order valence-corrected chi connectivity index (χ1v) is 9.47. The lowest BCUT2D eigenvalue weighted by Gasteiger charge is -2.24. The number of rotatable bonds is 11. The van der Waals surface area contributed by atoms with Gasteiger partial charge in [-0.1, -0.05) is 46.0 Å². The summed E-state index contributed by atoms with van der Waals surface area (Å²) in [5.41, 5.74) is 0. The molecule has 23 heavy (non-hydrogen) atoms. The van der Waals surface area contributed by atoms with Gasteiger partial charge in [-0.25, -0.2) is 0 Å². The molecule has 1 unspecified atom stereocenters. The highest BCUT2D eigenvalue weighted by atomic mass is 16.5. The quantitative estimate of drug-likeness (QED) is 0.437. The first-order valence-electron chi connectivity index (χ1n) is 9.47. The molecule has 1 rings (SSSR count). The summed E-state index contributed by atoms with van der Waals surface area (Å²) in [5.74, 6) is -0.388. The largest absolute Gasteiger partial charge is 0.481 e. The minimum absolute atomic E-state index is 0.0847. The number of carboxylic acid groups (broad SMARTS) is 1. The van der Waals surface area contributed by atoms with Gasteiger partial charge < -0.3 is 9.84 Å². The molecule has 4 heteroatoms. The van der Waals surface area contributed by atoms with Crippen LogP contribution in [0.5, 0.6) is 0 Å². The van der Waals surface area contributed by atoms with Crippen molar-refractivity contribution >= 4 is 11.9 Å². The van der Waals surface area contributed by atoms with Gasteiger partial charge in [-0.05, 0) is 44.4 Å². The third-order valence-corrected chi connectivity index (χ3v) is 5.20. The monoisotopic (exact) mass is 326 g/mol. The maximum absolute atomic E-state index is 12.0. The van der Waals surface area contributed by atoms with Crippen molar-refractivity contribution in [2.75, 3.05) is 6.61 Å². The fourth-order valence-electron chi connectivity index (χ4n) is 3.45. The number of hydrogen-bond donors (Lipinski definition) is 1. The van der Waals surface area contributed by atoms with E-state index in [9.17, 15) is 9.59 Å². The fraction of sp³-hybridized carbons (Fsp3) is 0.895. The molecule has 1 fully saturated rings. The van der Waals surface area contributed by atoms with Gasteiger partial charge in [0.05, 0.1) is 18.4 Å². The van der Waals surface area contributed by atoms with Crippen molar-refractivity contribution in [3.8, 4) is 0 Å². The second-order valence-electron chi connectivity index (χ2n) is 6.97. The average molecular weight is 326 g/mol. The van der Waals surface area contributed by atoms with E-state index in [1.54, 1.807) is 0 Å². The number of carbonyl (C=O) groups is 2. The van der Waals surface area contributed by atoms with Crippen molar-refractivity contribution < 1.29 is 19.4 Å². The Morgan fingerprint density at radius 1 is 1.00 bits per heavy atom. The molecule has 1 aliphatic carbocycles. The van der Waals surface area contributed by atoms with Gasteiger partial charge in [0.1, 0.15) is 0 Å². The van der Waals surface area contributed by atoms with Gasteiger partial charge in [0.15, 0.2) is 0 Å². The second-order valence-corrected chi connectivity index (χ2v) is 6.97. The number of esters is 1. The molecule has 0 aromatic carbocycles. The number of carbonyl (C=O) groups excluding carboxylic acids is 1.